The highest BCUT2D eigenvalue weighted by molar-refractivity contribution is 5.67. The molecule has 5 aromatic rings. The van der Waals surface area contributed by atoms with Crippen LogP contribution >= 0.6 is 0 Å². The average Bonchev–Trinajstić information content (AvgIpc) is 3.55. The first-order chi connectivity index (χ1) is 19.2. The monoisotopic (exact) mass is 550 g/mol. The molecule has 10 nitrogen and oxygen atoms in total. The van der Waals surface area contributed by atoms with Crippen molar-refractivity contribution in [3.63, 3.8) is 0 Å². The molecule has 0 spiro atoms. The Labute approximate surface area is 226 Å². The summed E-state index contributed by atoms with van der Waals surface area (Å²) < 4.78 is 49.7. The normalized spacial score (nSPS) is 14.6. The Balaban J connectivity index is 1.39. The number of halogens is 3. The second-order valence-electron chi connectivity index (χ2n) is 9.65. The fourth-order valence-electron chi connectivity index (χ4n) is 4.86. The third-order valence-electron chi connectivity index (χ3n) is 7.09. The molecule has 4 heterocycles. The van der Waals surface area contributed by atoms with Crippen LogP contribution in [0.4, 0.5) is 13.2 Å². The second-order valence-corrected chi connectivity index (χ2v) is 9.65. The van der Waals surface area contributed by atoms with Crippen LogP contribution < -0.4 is 10.3 Å². The van der Waals surface area contributed by atoms with E-state index in [0.717, 1.165) is 30.3 Å². The van der Waals surface area contributed by atoms with E-state index in [2.05, 4.69) is 20.1 Å². The molecule has 0 radical (unpaired) electrons. The highest BCUT2D eigenvalue weighted by atomic mass is 19.4. The first kappa shape index (κ1) is 25.7. The maximum atomic E-state index is 13.2. The maximum absolute atomic E-state index is 13.2. The fraction of sp³-hybridized carbons (Fsp3) is 0.333. The number of fused-ring (bicyclic) bond motifs is 1. The quantitative estimate of drug-likeness (QED) is 0.288. The lowest BCUT2D eigenvalue weighted by atomic mass is 10.1. The van der Waals surface area contributed by atoms with Crippen molar-refractivity contribution in [1.82, 2.24) is 38.7 Å². The van der Waals surface area contributed by atoms with Crippen LogP contribution in [0.5, 0.6) is 5.88 Å². The molecular formula is C27H25F3N8O2. The lowest BCUT2D eigenvalue weighted by Gasteiger charge is -2.16. The van der Waals surface area contributed by atoms with E-state index in [-0.39, 0.29) is 17.3 Å². The zero-order valence-corrected chi connectivity index (χ0v) is 21.9. The topological polar surface area (TPSA) is 105 Å². The minimum Gasteiger partial charge on any atom is -0.480 e. The molecule has 6 rings (SSSR count). The molecule has 0 saturated heterocycles. The Morgan fingerprint density at radius 3 is 2.50 bits per heavy atom. The lowest BCUT2D eigenvalue weighted by molar-refractivity contribution is -0.140. The zero-order chi connectivity index (χ0) is 28.2. The van der Waals surface area contributed by atoms with Gasteiger partial charge in [0.1, 0.15) is 17.7 Å². The van der Waals surface area contributed by atoms with Crippen molar-refractivity contribution in [1.29, 1.82) is 0 Å². The Hall–Kier alpha value is -4.55. The maximum Gasteiger partial charge on any atom is 0.434 e. The molecule has 0 aliphatic heterocycles. The van der Waals surface area contributed by atoms with Crippen molar-refractivity contribution in [3.05, 3.63) is 76.4 Å². The van der Waals surface area contributed by atoms with Crippen molar-refractivity contribution in [2.45, 2.75) is 51.4 Å². The molecule has 1 aromatic carbocycles. The Morgan fingerprint density at radius 2 is 1.85 bits per heavy atom. The fourth-order valence-corrected chi connectivity index (χ4v) is 4.86. The van der Waals surface area contributed by atoms with E-state index in [9.17, 15) is 18.0 Å². The Bertz CT molecular complexity index is 1770. The van der Waals surface area contributed by atoms with Gasteiger partial charge in [0.05, 0.1) is 18.8 Å². The number of hydrogen-bond donors (Lipinski definition) is 0. The minimum absolute atomic E-state index is 0.223. The number of methoxy groups -OCH3 is 1. The molecule has 0 bridgehead atoms. The summed E-state index contributed by atoms with van der Waals surface area (Å²) in [6.45, 7) is 3.94. The summed E-state index contributed by atoms with van der Waals surface area (Å²) in [5, 5.41) is 4.62. The van der Waals surface area contributed by atoms with Crippen molar-refractivity contribution in [2.75, 3.05) is 7.11 Å². The molecule has 0 amide bonds. The Kier molecular flexibility index (Phi) is 6.15. The molecule has 4 aromatic heterocycles. The highest BCUT2D eigenvalue weighted by Gasteiger charge is 2.35. The van der Waals surface area contributed by atoms with Gasteiger partial charge in [0.2, 0.25) is 11.7 Å². The first-order valence-electron chi connectivity index (χ1n) is 12.8. The third kappa shape index (κ3) is 4.40. The number of benzene rings is 1. The van der Waals surface area contributed by atoms with Crippen LogP contribution in [-0.2, 0) is 12.7 Å². The highest BCUT2D eigenvalue weighted by Crippen LogP contribution is 2.45. The number of imidazole rings is 1. The summed E-state index contributed by atoms with van der Waals surface area (Å²) in [4.78, 5) is 30.3. The number of ether oxygens (including phenoxy) is 1. The van der Waals surface area contributed by atoms with Gasteiger partial charge < -0.3 is 9.30 Å². The Morgan fingerprint density at radius 1 is 1.10 bits per heavy atom. The van der Waals surface area contributed by atoms with E-state index in [0.29, 0.717) is 35.2 Å². The second kappa shape index (κ2) is 9.57. The summed E-state index contributed by atoms with van der Waals surface area (Å²) in [6, 6.07) is 7.90. The van der Waals surface area contributed by atoms with E-state index < -0.39 is 17.9 Å². The molecule has 40 heavy (non-hydrogen) atoms. The minimum atomic E-state index is -4.53. The molecule has 1 saturated carbocycles. The van der Waals surface area contributed by atoms with Gasteiger partial charge in [-0.2, -0.15) is 18.2 Å². The number of hydrogen-bond acceptors (Lipinski definition) is 7. The smallest absolute Gasteiger partial charge is 0.434 e. The largest absolute Gasteiger partial charge is 0.480 e. The lowest BCUT2D eigenvalue weighted by Crippen LogP contribution is -2.25. The molecule has 1 atom stereocenters. The molecular weight excluding hydrogens is 525 g/mol. The summed E-state index contributed by atoms with van der Waals surface area (Å²) in [5.74, 6) is 1.55. The third-order valence-corrected chi connectivity index (χ3v) is 7.09. The van der Waals surface area contributed by atoms with E-state index in [1.165, 1.54) is 33.2 Å². The SMILES string of the molecule is CCn1cc(C(F)(F)F)nc1-c1ccc([C@@H](C)n2c(=O)ccn3nc(-c4c(OC)ncnc4C4CC4)nc23)cc1. The molecule has 1 aliphatic carbocycles. The molecule has 13 heteroatoms. The van der Waals surface area contributed by atoms with E-state index >= 15 is 0 Å². The van der Waals surface area contributed by atoms with Crippen LogP contribution in [0.25, 0.3) is 28.6 Å². The van der Waals surface area contributed by atoms with Gasteiger partial charge in [-0.3, -0.25) is 9.36 Å². The standard InChI is InChI=1S/C27H25F3N8O2/c1-4-36-13-19(27(28,29)30)33-24(36)18-9-5-16(6-10-18)15(2)38-20(39)11-12-37-26(38)34-23(35-37)21-22(17-7-8-17)31-14-32-25(21)40-3/h5-6,9-15,17H,4,7-8H2,1-3H3/t15-/m1/s1. The number of rotatable bonds is 7. The van der Waals surface area contributed by atoms with Crippen LogP contribution in [0, 0.1) is 0 Å². The summed E-state index contributed by atoms with van der Waals surface area (Å²) in [7, 11) is 1.52. The van der Waals surface area contributed by atoms with Gasteiger partial charge >= 0.3 is 6.18 Å². The van der Waals surface area contributed by atoms with Crippen LogP contribution in [0.1, 0.15) is 55.6 Å². The van der Waals surface area contributed by atoms with Crippen LogP contribution in [-0.4, -0.2) is 45.8 Å². The predicted molar refractivity (Wildman–Crippen MR) is 139 cm³/mol. The molecule has 1 aliphatic rings. The van der Waals surface area contributed by atoms with E-state index in [4.69, 9.17) is 9.72 Å². The van der Waals surface area contributed by atoms with E-state index in [1.54, 1.807) is 37.4 Å². The van der Waals surface area contributed by atoms with Gasteiger partial charge in [0, 0.05) is 36.5 Å². The van der Waals surface area contributed by atoms with Gasteiger partial charge in [-0.15, -0.1) is 5.10 Å². The van der Waals surface area contributed by atoms with Crippen molar-refractivity contribution in [3.8, 4) is 28.7 Å². The number of aromatic nitrogens is 8. The number of nitrogens with zero attached hydrogens (tertiary/aromatic N) is 8. The number of aryl methyl sites for hydroxylation is 1. The van der Waals surface area contributed by atoms with Gasteiger partial charge in [-0.05, 0) is 32.3 Å². The van der Waals surface area contributed by atoms with Crippen molar-refractivity contribution >= 4 is 5.78 Å². The van der Waals surface area contributed by atoms with Gasteiger partial charge in [0.15, 0.2) is 11.5 Å². The molecule has 206 valence electrons. The summed E-state index contributed by atoms with van der Waals surface area (Å²) in [6.07, 6.45) is 1.51. The van der Waals surface area contributed by atoms with Crippen LogP contribution in [0.15, 0.2) is 53.8 Å². The van der Waals surface area contributed by atoms with E-state index in [1.807, 2.05) is 6.92 Å². The van der Waals surface area contributed by atoms with Crippen molar-refractivity contribution < 1.29 is 17.9 Å². The van der Waals surface area contributed by atoms with Gasteiger partial charge in [-0.25, -0.2) is 19.5 Å². The van der Waals surface area contributed by atoms with Gasteiger partial charge in [-0.1, -0.05) is 24.3 Å². The van der Waals surface area contributed by atoms with Gasteiger partial charge in [0.25, 0.3) is 5.56 Å². The summed E-state index contributed by atoms with van der Waals surface area (Å²) >= 11 is 0. The average molecular weight is 551 g/mol. The summed E-state index contributed by atoms with van der Waals surface area (Å²) in [5.41, 5.74) is 1.50. The number of alkyl halides is 3. The zero-order valence-electron chi connectivity index (χ0n) is 21.9. The van der Waals surface area contributed by atoms with Crippen LogP contribution in [0.3, 0.4) is 0 Å². The first-order valence-corrected chi connectivity index (χ1v) is 12.8. The molecule has 1 fully saturated rings. The van der Waals surface area contributed by atoms with Crippen LogP contribution in [0.2, 0.25) is 0 Å². The molecule has 0 N–H and O–H groups in total. The van der Waals surface area contributed by atoms with Crippen molar-refractivity contribution in [2.24, 2.45) is 0 Å². The molecule has 0 unspecified atom stereocenters. The predicted octanol–water partition coefficient (Wildman–Crippen LogP) is 4.75.